The molecule has 7 nitrogen and oxygen atoms in total. The zero-order valence-electron chi connectivity index (χ0n) is 13.5. The van der Waals surface area contributed by atoms with Crippen LogP contribution in [0.15, 0.2) is 18.5 Å². The normalized spacial score (nSPS) is 16.0. The SMILES string of the molecule is CC(C)(C)OC(=O)N1CCN(c2ccn3ncc(Cl)c3n2)CC1. The number of hydrogen-bond acceptors (Lipinski definition) is 5. The zero-order chi connectivity index (χ0) is 16.6. The highest BCUT2D eigenvalue weighted by Crippen LogP contribution is 2.20. The van der Waals surface area contributed by atoms with Crippen LogP contribution >= 0.6 is 11.6 Å². The molecule has 2 aromatic rings. The lowest BCUT2D eigenvalue weighted by Crippen LogP contribution is -2.50. The smallest absolute Gasteiger partial charge is 0.410 e. The predicted molar refractivity (Wildman–Crippen MR) is 88.0 cm³/mol. The third-order valence-corrected chi connectivity index (χ3v) is 3.83. The molecule has 0 N–H and O–H groups in total. The van der Waals surface area contributed by atoms with Gasteiger partial charge in [0.15, 0.2) is 5.65 Å². The van der Waals surface area contributed by atoms with Crippen molar-refractivity contribution in [3.63, 3.8) is 0 Å². The number of carbonyl (C=O) groups excluding carboxylic acids is 1. The van der Waals surface area contributed by atoms with E-state index in [1.807, 2.05) is 33.0 Å². The van der Waals surface area contributed by atoms with Gasteiger partial charge in [-0.3, -0.25) is 0 Å². The first-order valence-electron chi connectivity index (χ1n) is 7.56. The quantitative estimate of drug-likeness (QED) is 0.799. The first kappa shape index (κ1) is 15.9. The number of hydrogen-bond donors (Lipinski definition) is 0. The van der Waals surface area contributed by atoms with Gasteiger partial charge in [-0.25, -0.2) is 14.3 Å². The highest BCUT2D eigenvalue weighted by molar-refractivity contribution is 6.33. The summed E-state index contributed by atoms with van der Waals surface area (Å²) < 4.78 is 7.05. The fourth-order valence-corrected chi connectivity index (χ4v) is 2.62. The topological polar surface area (TPSA) is 63.0 Å². The van der Waals surface area contributed by atoms with Gasteiger partial charge < -0.3 is 14.5 Å². The Kier molecular flexibility index (Phi) is 4.06. The van der Waals surface area contributed by atoms with E-state index in [4.69, 9.17) is 16.3 Å². The van der Waals surface area contributed by atoms with Crippen molar-refractivity contribution in [3.8, 4) is 0 Å². The Hall–Kier alpha value is -2.02. The summed E-state index contributed by atoms with van der Waals surface area (Å²) in [5, 5.41) is 4.64. The molecule has 0 atom stereocenters. The second kappa shape index (κ2) is 5.88. The van der Waals surface area contributed by atoms with Gasteiger partial charge in [-0.15, -0.1) is 0 Å². The molecule has 1 aliphatic rings. The molecule has 0 bridgehead atoms. The number of anilines is 1. The molecule has 2 aromatic heterocycles. The van der Waals surface area contributed by atoms with Crippen molar-refractivity contribution in [1.29, 1.82) is 0 Å². The van der Waals surface area contributed by atoms with E-state index in [-0.39, 0.29) is 6.09 Å². The molecule has 0 aromatic carbocycles. The number of rotatable bonds is 1. The first-order valence-corrected chi connectivity index (χ1v) is 7.94. The lowest BCUT2D eigenvalue weighted by molar-refractivity contribution is 0.0240. The van der Waals surface area contributed by atoms with Crippen LogP contribution in [0.1, 0.15) is 20.8 Å². The minimum Gasteiger partial charge on any atom is -0.444 e. The van der Waals surface area contributed by atoms with Crippen molar-refractivity contribution in [2.24, 2.45) is 0 Å². The molecule has 1 fully saturated rings. The average molecular weight is 338 g/mol. The van der Waals surface area contributed by atoms with Crippen LogP contribution in [-0.2, 0) is 4.74 Å². The number of aromatic nitrogens is 3. The summed E-state index contributed by atoms with van der Waals surface area (Å²) in [7, 11) is 0. The molecule has 0 saturated carbocycles. The number of halogens is 1. The van der Waals surface area contributed by atoms with Crippen LogP contribution in [-0.4, -0.2) is 57.4 Å². The van der Waals surface area contributed by atoms with Gasteiger partial charge >= 0.3 is 6.09 Å². The van der Waals surface area contributed by atoms with E-state index in [1.165, 1.54) is 0 Å². The maximum absolute atomic E-state index is 12.1. The number of nitrogens with zero attached hydrogens (tertiary/aromatic N) is 5. The van der Waals surface area contributed by atoms with Crippen LogP contribution in [0.4, 0.5) is 10.6 Å². The average Bonchev–Trinajstić information content (AvgIpc) is 2.87. The Balaban J connectivity index is 1.66. The maximum Gasteiger partial charge on any atom is 0.410 e. The summed E-state index contributed by atoms with van der Waals surface area (Å²) >= 11 is 6.08. The standard InChI is InChI=1S/C15H20ClN5O2/c1-15(2,3)23-14(22)20-8-6-19(7-9-20)12-4-5-21-13(18-12)11(16)10-17-21/h4-5,10H,6-9H2,1-3H3. The largest absolute Gasteiger partial charge is 0.444 e. The second-order valence-corrected chi connectivity index (χ2v) is 6.91. The summed E-state index contributed by atoms with van der Waals surface area (Å²) in [6, 6.07) is 1.90. The fourth-order valence-electron chi connectivity index (χ4n) is 2.45. The molecule has 0 spiro atoms. The Bertz CT molecular complexity index is 716. The Morgan fingerprint density at radius 3 is 2.61 bits per heavy atom. The summed E-state index contributed by atoms with van der Waals surface area (Å²) in [4.78, 5) is 20.5. The van der Waals surface area contributed by atoms with E-state index in [0.717, 1.165) is 5.82 Å². The second-order valence-electron chi connectivity index (χ2n) is 6.50. The van der Waals surface area contributed by atoms with Crippen molar-refractivity contribution in [1.82, 2.24) is 19.5 Å². The van der Waals surface area contributed by atoms with Gasteiger partial charge in [0.05, 0.1) is 6.20 Å². The Morgan fingerprint density at radius 2 is 1.96 bits per heavy atom. The van der Waals surface area contributed by atoms with E-state index >= 15 is 0 Å². The van der Waals surface area contributed by atoms with Gasteiger partial charge in [-0.05, 0) is 26.8 Å². The van der Waals surface area contributed by atoms with Crippen LogP contribution in [0.25, 0.3) is 5.65 Å². The molecular weight excluding hydrogens is 318 g/mol. The van der Waals surface area contributed by atoms with E-state index in [1.54, 1.807) is 15.6 Å². The molecule has 23 heavy (non-hydrogen) atoms. The molecule has 1 saturated heterocycles. The highest BCUT2D eigenvalue weighted by atomic mass is 35.5. The number of piperazine rings is 1. The third kappa shape index (κ3) is 3.50. The van der Waals surface area contributed by atoms with Crippen LogP contribution in [0.3, 0.4) is 0 Å². The zero-order valence-corrected chi connectivity index (χ0v) is 14.2. The molecule has 3 heterocycles. The summed E-state index contributed by atoms with van der Waals surface area (Å²) in [6.07, 6.45) is 3.15. The minimum atomic E-state index is -0.473. The Morgan fingerprint density at radius 1 is 1.26 bits per heavy atom. The van der Waals surface area contributed by atoms with Gasteiger partial charge in [-0.1, -0.05) is 11.6 Å². The monoisotopic (exact) mass is 337 g/mol. The number of carbonyl (C=O) groups is 1. The van der Waals surface area contributed by atoms with Crippen molar-refractivity contribution < 1.29 is 9.53 Å². The van der Waals surface area contributed by atoms with E-state index < -0.39 is 5.60 Å². The summed E-state index contributed by atoms with van der Waals surface area (Å²) in [6.45, 7) is 8.23. The van der Waals surface area contributed by atoms with Gasteiger partial charge in [-0.2, -0.15) is 5.10 Å². The van der Waals surface area contributed by atoms with Gasteiger partial charge in [0.25, 0.3) is 0 Å². The molecule has 8 heteroatoms. The van der Waals surface area contributed by atoms with Crippen molar-refractivity contribution in [2.45, 2.75) is 26.4 Å². The lowest BCUT2D eigenvalue weighted by Gasteiger charge is -2.36. The number of fused-ring (bicyclic) bond motifs is 1. The van der Waals surface area contributed by atoms with Crippen molar-refractivity contribution >= 4 is 29.2 Å². The van der Waals surface area contributed by atoms with Crippen LogP contribution < -0.4 is 4.90 Å². The van der Waals surface area contributed by atoms with Crippen LogP contribution in [0.2, 0.25) is 5.02 Å². The van der Waals surface area contributed by atoms with Crippen molar-refractivity contribution in [3.05, 3.63) is 23.5 Å². The van der Waals surface area contributed by atoms with Crippen molar-refractivity contribution in [2.75, 3.05) is 31.1 Å². The lowest BCUT2D eigenvalue weighted by atomic mass is 10.2. The minimum absolute atomic E-state index is 0.264. The number of ether oxygens (including phenoxy) is 1. The molecule has 1 aliphatic heterocycles. The van der Waals surface area contributed by atoms with E-state index in [9.17, 15) is 4.79 Å². The molecule has 3 rings (SSSR count). The molecular formula is C15H20ClN5O2. The maximum atomic E-state index is 12.1. The third-order valence-electron chi connectivity index (χ3n) is 3.57. The molecule has 0 aliphatic carbocycles. The fraction of sp³-hybridized carbons (Fsp3) is 0.533. The molecule has 0 radical (unpaired) electrons. The van der Waals surface area contributed by atoms with Gasteiger partial charge in [0.2, 0.25) is 0 Å². The molecule has 124 valence electrons. The predicted octanol–water partition coefficient (Wildman–Crippen LogP) is 2.44. The number of amides is 1. The first-order chi connectivity index (χ1) is 10.8. The van der Waals surface area contributed by atoms with Crippen LogP contribution in [0.5, 0.6) is 0 Å². The van der Waals surface area contributed by atoms with E-state index in [2.05, 4.69) is 15.0 Å². The highest BCUT2D eigenvalue weighted by Gasteiger charge is 2.26. The van der Waals surface area contributed by atoms with Gasteiger partial charge in [0, 0.05) is 32.4 Å². The summed E-state index contributed by atoms with van der Waals surface area (Å²) in [5.41, 5.74) is 0.165. The summed E-state index contributed by atoms with van der Waals surface area (Å²) in [5.74, 6) is 0.837. The Labute approximate surface area is 139 Å². The van der Waals surface area contributed by atoms with Crippen LogP contribution in [0, 0.1) is 0 Å². The van der Waals surface area contributed by atoms with E-state index in [0.29, 0.717) is 36.8 Å². The molecule has 0 unspecified atom stereocenters. The molecule has 1 amide bonds. The van der Waals surface area contributed by atoms with Gasteiger partial charge in [0.1, 0.15) is 16.4 Å².